The van der Waals surface area contributed by atoms with Gasteiger partial charge in [-0.15, -0.1) is 0 Å². The highest BCUT2D eigenvalue weighted by atomic mass is 79.9. The summed E-state index contributed by atoms with van der Waals surface area (Å²) in [6, 6.07) is 11.2. The molecule has 36 heavy (non-hydrogen) atoms. The molecule has 0 saturated carbocycles. The van der Waals surface area contributed by atoms with Gasteiger partial charge in [-0.1, -0.05) is 39.1 Å². The van der Waals surface area contributed by atoms with E-state index in [-0.39, 0.29) is 21.8 Å². The van der Waals surface area contributed by atoms with Crippen molar-refractivity contribution in [3.63, 3.8) is 0 Å². The summed E-state index contributed by atoms with van der Waals surface area (Å²) in [5.74, 6) is -1.61. The average molecular weight is 591 g/mol. The zero-order chi connectivity index (χ0) is 25.9. The first-order chi connectivity index (χ1) is 17.1. The van der Waals surface area contributed by atoms with Crippen LogP contribution in [-0.2, 0) is 4.79 Å². The third kappa shape index (κ3) is 3.64. The maximum Gasteiger partial charge on any atom is 0.270 e. The van der Waals surface area contributed by atoms with Gasteiger partial charge in [0, 0.05) is 27.9 Å². The molecule has 1 saturated heterocycles. The van der Waals surface area contributed by atoms with E-state index in [9.17, 15) is 24.5 Å². The quantitative estimate of drug-likeness (QED) is 0.170. The van der Waals surface area contributed by atoms with Crippen LogP contribution in [0.5, 0.6) is 5.75 Å². The van der Waals surface area contributed by atoms with Crippen molar-refractivity contribution in [3.8, 4) is 5.75 Å². The van der Waals surface area contributed by atoms with Crippen molar-refractivity contribution in [2.75, 3.05) is 12.0 Å². The second-order valence-electron chi connectivity index (χ2n) is 8.05. The number of hydrogen-bond donors (Lipinski definition) is 0. The number of nitrogens with zero attached hydrogens (tertiary/aromatic N) is 3. The highest BCUT2D eigenvalue weighted by molar-refractivity contribution is 9.10. The number of methoxy groups -OCH3 is 1. The Morgan fingerprint density at radius 3 is 2.28 bits per heavy atom. The lowest BCUT2D eigenvalue weighted by atomic mass is 9.85. The fourth-order valence-corrected chi connectivity index (χ4v) is 5.18. The number of hydrogen-bond acceptors (Lipinski definition) is 6. The normalized spacial score (nSPS) is 18.8. The first-order valence-electron chi connectivity index (χ1n) is 10.4. The Hall–Kier alpha value is -3.47. The Morgan fingerprint density at radius 2 is 1.61 bits per heavy atom. The van der Waals surface area contributed by atoms with Crippen LogP contribution in [0.4, 0.5) is 11.4 Å². The monoisotopic (exact) mass is 589 g/mol. The van der Waals surface area contributed by atoms with E-state index in [4.69, 9.17) is 27.9 Å². The number of imide groups is 1. The highest BCUT2D eigenvalue weighted by Gasteiger charge is 2.58. The number of carbonyl (C=O) groups excluding carboxylic acids is 3. The van der Waals surface area contributed by atoms with Crippen LogP contribution in [0.15, 0.2) is 59.1 Å². The number of nitro benzene ring substituents is 1. The van der Waals surface area contributed by atoms with E-state index in [0.717, 1.165) is 17.0 Å². The summed E-state index contributed by atoms with van der Waals surface area (Å²) in [6.07, 6.45) is 0. The summed E-state index contributed by atoms with van der Waals surface area (Å²) in [4.78, 5) is 53.0. The molecular weight excluding hydrogens is 577 g/mol. The van der Waals surface area contributed by atoms with Crippen LogP contribution in [0.3, 0.4) is 0 Å². The van der Waals surface area contributed by atoms with Crippen LogP contribution < -0.4 is 9.64 Å². The van der Waals surface area contributed by atoms with Crippen LogP contribution in [-0.4, -0.2) is 40.7 Å². The number of amides is 3. The van der Waals surface area contributed by atoms with E-state index in [0.29, 0.717) is 26.5 Å². The van der Waals surface area contributed by atoms with Crippen LogP contribution >= 0.6 is 39.1 Å². The smallest absolute Gasteiger partial charge is 0.270 e. The number of nitro groups is 1. The van der Waals surface area contributed by atoms with Crippen molar-refractivity contribution >= 4 is 68.2 Å². The van der Waals surface area contributed by atoms with Crippen LogP contribution in [0.2, 0.25) is 10.0 Å². The number of ether oxygens (including phenoxy) is 1. The largest absolute Gasteiger partial charge is 0.496 e. The van der Waals surface area contributed by atoms with Crippen molar-refractivity contribution in [3.05, 3.63) is 95.9 Å². The lowest BCUT2D eigenvalue weighted by Crippen LogP contribution is -2.67. The first-order valence-corrected chi connectivity index (χ1v) is 12.0. The van der Waals surface area contributed by atoms with Gasteiger partial charge in [-0.25, -0.2) is 0 Å². The fraction of sp³-hybridized carbons (Fsp3) is 0.125. The van der Waals surface area contributed by atoms with Gasteiger partial charge in [0.1, 0.15) is 11.8 Å². The molecule has 5 rings (SSSR count). The molecule has 3 aromatic rings. The molecule has 0 N–H and O–H groups in total. The molecule has 9 nitrogen and oxygen atoms in total. The van der Waals surface area contributed by atoms with Gasteiger partial charge < -0.3 is 9.64 Å². The summed E-state index contributed by atoms with van der Waals surface area (Å²) < 4.78 is 6.20. The lowest BCUT2D eigenvalue weighted by molar-refractivity contribution is -0.384. The Morgan fingerprint density at radius 1 is 0.889 bits per heavy atom. The van der Waals surface area contributed by atoms with Gasteiger partial charge in [0.15, 0.2) is 0 Å². The zero-order valence-electron chi connectivity index (χ0n) is 18.3. The van der Waals surface area contributed by atoms with E-state index in [1.807, 2.05) is 0 Å². The summed E-state index contributed by atoms with van der Waals surface area (Å²) >= 11 is 15.7. The summed E-state index contributed by atoms with van der Waals surface area (Å²) in [5, 5.41) is 11.7. The molecule has 0 radical (unpaired) electrons. The average Bonchev–Trinajstić information content (AvgIpc) is 3.09. The van der Waals surface area contributed by atoms with E-state index < -0.39 is 34.7 Å². The standard InChI is InChI=1S/C24H14BrCl2N3O6/c1-36-19-7-2-11(25)8-16(19)20-21(24(33)28(20)12-4-6-17(26)18(27)10-12)29-22(31)14-5-3-13(30(34)35)9-15(14)23(29)32/h2-10,20-21H,1H3/t20-,21-/m1/s1. The second kappa shape index (κ2) is 8.88. The fourth-order valence-electron chi connectivity index (χ4n) is 4.51. The SMILES string of the molecule is COc1ccc(Br)cc1[C@@H]1[C@@H](N2C(=O)c3ccc([N+](=O)[O-])cc3C2=O)C(=O)N1c1ccc(Cl)c(Cl)c1. The van der Waals surface area contributed by atoms with Crippen molar-refractivity contribution in [2.24, 2.45) is 0 Å². The minimum absolute atomic E-state index is 0.00801. The van der Waals surface area contributed by atoms with E-state index in [1.54, 1.807) is 24.3 Å². The molecule has 0 unspecified atom stereocenters. The number of benzene rings is 3. The molecule has 12 heteroatoms. The minimum atomic E-state index is -1.23. The lowest BCUT2D eigenvalue weighted by Gasteiger charge is -2.50. The van der Waals surface area contributed by atoms with Crippen molar-refractivity contribution in [1.82, 2.24) is 4.90 Å². The molecule has 1 fully saturated rings. The molecular formula is C24H14BrCl2N3O6. The topological polar surface area (TPSA) is 110 Å². The molecule has 2 aliphatic heterocycles. The summed E-state index contributed by atoms with van der Waals surface area (Å²) in [5.41, 5.74) is 0.468. The third-order valence-corrected chi connectivity index (χ3v) is 7.38. The maximum atomic E-state index is 13.6. The van der Waals surface area contributed by atoms with E-state index in [2.05, 4.69) is 15.9 Å². The number of β-lactam (4-membered cyclic amide) rings is 1. The first kappa shape index (κ1) is 24.2. The minimum Gasteiger partial charge on any atom is -0.496 e. The maximum absolute atomic E-state index is 13.6. The van der Waals surface area contributed by atoms with Gasteiger partial charge in [0.05, 0.1) is 39.2 Å². The number of halogens is 3. The zero-order valence-corrected chi connectivity index (χ0v) is 21.4. The molecule has 0 aromatic heterocycles. The molecule has 2 aliphatic rings. The molecule has 3 amide bonds. The molecule has 0 bridgehead atoms. The number of anilines is 1. The van der Waals surface area contributed by atoms with Crippen LogP contribution in [0.25, 0.3) is 0 Å². The van der Waals surface area contributed by atoms with Gasteiger partial charge in [0.2, 0.25) is 0 Å². The predicted molar refractivity (Wildman–Crippen MR) is 135 cm³/mol. The van der Waals surface area contributed by atoms with Gasteiger partial charge in [-0.2, -0.15) is 0 Å². The Bertz CT molecular complexity index is 1500. The number of non-ortho nitro benzene ring substituents is 1. The van der Waals surface area contributed by atoms with E-state index in [1.165, 1.54) is 30.2 Å². The second-order valence-corrected chi connectivity index (χ2v) is 9.78. The van der Waals surface area contributed by atoms with Gasteiger partial charge in [-0.05, 0) is 42.5 Å². The van der Waals surface area contributed by atoms with Gasteiger partial charge >= 0.3 is 0 Å². The number of rotatable bonds is 5. The molecule has 182 valence electrons. The molecule has 3 aromatic carbocycles. The Balaban J connectivity index is 1.64. The molecule has 0 spiro atoms. The number of fused-ring (bicyclic) bond motifs is 1. The highest BCUT2D eigenvalue weighted by Crippen LogP contribution is 2.48. The molecule has 2 atom stereocenters. The van der Waals surface area contributed by atoms with Gasteiger partial charge in [-0.3, -0.25) is 29.4 Å². The van der Waals surface area contributed by atoms with Gasteiger partial charge in [0.25, 0.3) is 23.4 Å². The summed E-state index contributed by atoms with van der Waals surface area (Å²) in [6.45, 7) is 0. The third-order valence-electron chi connectivity index (χ3n) is 6.15. The van der Waals surface area contributed by atoms with Crippen LogP contribution in [0.1, 0.15) is 32.3 Å². The predicted octanol–water partition coefficient (Wildman–Crippen LogP) is 5.43. The molecule has 2 heterocycles. The number of carbonyl (C=O) groups is 3. The Labute approximate surface area is 222 Å². The van der Waals surface area contributed by atoms with Crippen molar-refractivity contribution < 1.29 is 24.0 Å². The van der Waals surface area contributed by atoms with E-state index >= 15 is 0 Å². The molecule has 0 aliphatic carbocycles. The Kier molecular flexibility index (Phi) is 5.98. The van der Waals surface area contributed by atoms with Crippen LogP contribution in [0, 0.1) is 10.1 Å². The van der Waals surface area contributed by atoms with Crippen molar-refractivity contribution in [2.45, 2.75) is 12.1 Å². The summed E-state index contributed by atoms with van der Waals surface area (Å²) in [7, 11) is 1.47. The van der Waals surface area contributed by atoms with Crippen molar-refractivity contribution in [1.29, 1.82) is 0 Å².